The third-order valence-corrected chi connectivity index (χ3v) is 7.21. The number of amides is 2. The van der Waals surface area contributed by atoms with Crippen LogP contribution in [0.2, 0.25) is 5.28 Å². The molecule has 2 amide bonds. The van der Waals surface area contributed by atoms with Crippen LogP contribution in [0.25, 0.3) is 0 Å². The predicted molar refractivity (Wildman–Crippen MR) is 145 cm³/mol. The normalized spacial score (nSPS) is 16.8. The molecule has 15 heteroatoms. The zero-order chi connectivity index (χ0) is 31.0. The van der Waals surface area contributed by atoms with E-state index in [1.165, 1.54) is 13.8 Å². The highest BCUT2D eigenvalue weighted by atomic mass is 35.5. The highest BCUT2D eigenvalue weighted by molar-refractivity contribution is 6.28. The molecule has 0 radical (unpaired) electrons. The van der Waals surface area contributed by atoms with Crippen molar-refractivity contribution in [1.29, 1.82) is 0 Å². The minimum absolute atomic E-state index is 0.0976. The molecule has 2 aliphatic heterocycles. The highest BCUT2D eigenvalue weighted by Crippen LogP contribution is 2.45. The molecule has 2 aromatic rings. The standard InChI is InChI=1S/C27H33ClF4N6O4/c1-16(2)38(15-27(30,31)32)22(39)18-12-17(29)6-7-19(18)41-21-20(33-23(28)35-34-21)37-13-26(14-37)8-10-36(11-9-26)24(40)42-25(3,4)5/h6-7,12,16H,8-11,13-15H2,1-5H3. The van der Waals surface area contributed by atoms with E-state index < -0.39 is 41.7 Å². The molecular weight excluding hydrogens is 584 g/mol. The van der Waals surface area contributed by atoms with Crippen LogP contribution in [0.1, 0.15) is 57.8 Å². The summed E-state index contributed by atoms with van der Waals surface area (Å²) in [4.78, 5) is 34.0. The van der Waals surface area contributed by atoms with Gasteiger partial charge in [0.15, 0.2) is 5.82 Å². The number of likely N-dealkylation sites (tertiary alicyclic amines) is 1. The van der Waals surface area contributed by atoms with E-state index in [2.05, 4.69) is 15.2 Å². The van der Waals surface area contributed by atoms with E-state index >= 15 is 0 Å². The molecule has 2 saturated heterocycles. The van der Waals surface area contributed by atoms with Crippen LogP contribution >= 0.6 is 11.6 Å². The molecule has 42 heavy (non-hydrogen) atoms. The van der Waals surface area contributed by atoms with E-state index in [-0.39, 0.29) is 34.2 Å². The van der Waals surface area contributed by atoms with E-state index in [9.17, 15) is 27.2 Å². The summed E-state index contributed by atoms with van der Waals surface area (Å²) < 4.78 is 65.1. The Hall–Kier alpha value is -3.42. The Kier molecular flexibility index (Phi) is 8.77. The van der Waals surface area contributed by atoms with Gasteiger partial charge in [0.25, 0.3) is 11.8 Å². The predicted octanol–water partition coefficient (Wildman–Crippen LogP) is 5.71. The second kappa shape index (κ2) is 11.7. The lowest BCUT2D eigenvalue weighted by atomic mass is 9.72. The summed E-state index contributed by atoms with van der Waals surface area (Å²) >= 11 is 6.03. The maximum absolute atomic E-state index is 14.2. The highest BCUT2D eigenvalue weighted by Gasteiger charge is 2.47. The fourth-order valence-electron chi connectivity index (χ4n) is 4.98. The SMILES string of the molecule is CC(C)N(CC(F)(F)F)C(=O)c1cc(F)ccc1Oc1nnc(Cl)nc1N1CC2(CCN(C(=O)OC(C)(C)C)CC2)C1. The van der Waals surface area contributed by atoms with Gasteiger partial charge in [-0.1, -0.05) is 0 Å². The Morgan fingerprint density at radius 2 is 1.76 bits per heavy atom. The second-order valence-corrected chi connectivity index (χ2v) is 12.3. The third-order valence-electron chi connectivity index (χ3n) is 7.05. The average molecular weight is 617 g/mol. The van der Waals surface area contributed by atoms with Gasteiger partial charge < -0.3 is 24.2 Å². The van der Waals surface area contributed by atoms with Crippen molar-refractivity contribution in [2.75, 3.05) is 37.6 Å². The first-order valence-corrected chi connectivity index (χ1v) is 13.8. The van der Waals surface area contributed by atoms with Gasteiger partial charge in [-0.15, -0.1) is 10.2 Å². The van der Waals surface area contributed by atoms with E-state index in [4.69, 9.17) is 21.1 Å². The zero-order valence-electron chi connectivity index (χ0n) is 24.0. The Morgan fingerprint density at radius 3 is 2.33 bits per heavy atom. The minimum Gasteiger partial charge on any atom is -0.444 e. The number of anilines is 1. The van der Waals surface area contributed by atoms with E-state index in [1.54, 1.807) is 4.90 Å². The molecule has 0 N–H and O–H groups in total. The van der Waals surface area contributed by atoms with Crippen molar-refractivity contribution >= 4 is 29.4 Å². The summed E-state index contributed by atoms with van der Waals surface area (Å²) in [6.45, 7) is 8.92. The van der Waals surface area contributed by atoms with Crippen molar-refractivity contribution in [1.82, 2.24) is 25.0 Å². The monoisotopic (exact) mass is 616 g/mol. The van der Waals surface area contributed by atoms with E-state index in [1.807, 2.05) is 25.7 Å². The van der Waals surface area contributed by atoms with Crippen LogP contribution in [-0.2, 0) is 4.74 Å². The first kappa shape index (κ1) is 31.5. The van der Waals surface area contributed by atoms with Gasteiger partial charge in [0.1, 0.15) is 23.7 Å². The number of carbonyl (C=O) groups is 2. The van der Waals surface area contributed by atoms with Gasteiger partial charge in [-0.25, -0.2) is 9.18 Å². The molecule has 0 aliphatic carbocycles. The van der Waals surface area contributed by atoms with Crippen molar-refractivity contribution in [3.05, 3.63) is 34.9 Å². The van der Waals surface area contributed by atoms with Gasteiger partial charge >= 0.3 is 12.3 Å². The number of hydrogen-bond acceptors (Lipinski definition) is 8. The minimum atomic E-state index is -4.66. The fourth-order valence-corrected chi connectivity index (χ4v) is 5.10. The zero-order valence-corrected chi connectivity index (χ0v) is 24.7. The topological polar surface area (TPSA) is 101 Å². The van der Waals surface area contributed by atoms with E-state index in [0.29, 0.717) is 31.1 Å². The molecule has 1 spiro atoms. The molecule has 2 aliphatic rings. The van der Waals surface area contributed by atoms with E-state index in [0.717, 1.165) is 31.0 Å². The van der Waals surface area contributed by atoms with Crippen LogP contribution in [-0.4, -0.2) is 87.5 Å². The number of benzene rings is 1. The van der Waals surface area contributed by atoms with Gasteiger partial charge in [0.05, 0.1) is 5.56 Å². The summed E-state index contributed by atoms with van der Waals surface area (Å²) in [6.07, 6.45) is -3.56. The molecule has 10 nitrogen and oxygen atoms in total. The second-order valence-electron chi connectivity index (χ2n) is 11.9. The van der Waals surface area contributed by atoms with Gasteiger partial charge in [-0.05, 0) is 77.3 Å². The maximum atomic E-state index is 14.2. The quantitative estimate of drug-likeness (QED) is 0.381. The maximum Gasteiger partial charge on any atom is 0.410 e. The molecule has 3 heterocycles. The molecule has 1 aromatic carbocycles. The van der Waals surface area contributed by atoms with Crippen molar-refractivity contribution in [2.45, 2.75) is 65.3 Å². The van der Waals surface area contributed by atoms with Crippen LogP contribution in [0.3, 0.4) is 0 Å². The molecule has 2 fully saturated rings. The van der Waals surface area contributed by atoms with Gasteiger partial charge in [-0.3, -0.25) is 4.79 Å². The van der Waals surface area contributed by atoms with Crippen LogP contribution < -0.4 is 9.64 Å². The summed E-state index contributed by atoms with van der Waals surface area (Å²) in [7, 11) is 0. The molecule has 0 bridgehead atoms. The summed E-state index contributed by atoms with van der Waals surface area (Å²) in [5, 5.41) is 7.52. The molecule has 1 aromatic heterocycles. The number of halogens is 5. The largest absolute Gasteiger partial charge is 0.444 e. The molecule has 0 saturated carbocycles. The van der Waals surface area contributed by atoms with Crippen LogP contribution in [0, 0.1) is 11.2 Å². The first-order chi connectivity index (χ1) is 19.5. The number of hydrogen-bond donors (Lipinski definition) is 0. The molecule has 4 rings (SSSR count). The van der Waals surface area contributed by atoms with Gasteiger partial charge in [0, 0.05) is 37.6 Å². The number of aromatic nitrogens is 3. The lowest BCUT2D eigenvalue weighted by Gasteiger charge is -2.54. The Morgan fingerprint density at radius 1 is 1.12 bits per heavy atom. The molecule has 0 atom stereocenters. The number of nitrogens with zero attached hydrogens (tertiary/aromatic N) is 6. The summed E-state index contributed by atoms with van der Waals surface area (Å²) in [5.41, 5.74) is -1.10. The van der Waals surface area contributed by atoms with Crippen molar-refractivity contribution in [3.8, 4) is 11.6 Å². The lowest BCUT2D eigenvalue weighted by Crippen LogP contribution is -2.61. The molecular formula is C27H33ClF4N6O4. The number of rotatable bonds is 6. The first-order valence-electron chi connectivity index (χ1n) is 13.4. The van der Waals surface area contributed by atoms with Crippen molar-refractivity contribution in [3.63, 3.8) is 0 Å². The Balaban J connectivity index is 1.51. The number of carbonyl (C=O) groups excluding carboxylic acids is 2. The lowest BCUT2D eigenvalue weighted by molar-refractivity contribution is -0.143. The average Bonchev–Trinajstić information content (AvgIpc) is 2.86. The fraction of sp³-hybridized carbons (Fsp3) is 0.593. The molecule has 230 valence electrons. The molecule has 0 unspecified atom stereocenters. The van der Waals surface area contributed by atoms with Crippen LogP contribution in [0.4, 0.5) is 28.2 Å². The van der Waals surface area contributed by atoms with Crippen molar-refractivity contribution < 1.29 is 36.6 Å². The smallest absolute Gasteiger partial charge is 0.410 e. The van der Waals surface area contributed by atoms with Gasteiger partial charge in [0.2, 0.25) is 5.28 Å². The third kappa shape index (κ3) is 7.50. The number of piperidine rings is 1. The Bertz CT molecular complexity index is 1320. The number of alkyl halides is 3. The van der Waals surface area contributed by atoms with Crippen molar-refractivity contribution in [2.24, 2.45) is 5.41 Å². The summed E-state index contributed by atoms with van der Waals surface area (Å²) in [5.74, 6) is -2.03. The number of ether oxygens (including phenoxy) is 2. The summed E-state index contributed by atoms with van der Waals surface area (Å²) in [6, 6.07) is 2.14. The Labute approximate surface area is 245 Å². The van der Waals surface area contributed by atoms with Gasteiger partial charge in [-0.2, -0.15) is 18.2 Å². The van der Waals surface area contributed by atoms with Crippen LogP contribution in [0.15, 0.2) is 18.2 Å². The van der Waals surface area contributed by atoms with Crippen LogP contribution in [0.5, 0.6) is 11.6 Å².